The van der Waals surface area contributed by atoms with Gasteiger partial charge in [-0.15, -0.1) is 0 Å². The molecule has 1 heteroatoms. The normalized spacial score (nSPS) is 10.7. The molecule has 0 aliphatic carbocycles. The van der Waals surface area contributed by atoms with Crippen molar-refractivity contribution in [2.75, 3.05) is 7.11 Å². The van der Waals surface area contributed by atoms with Crippen molar-refractivity contribution in [2.24, 2.45) is 0 Å². The zero-order valence-electron chi connectivity index (χ0n) is 14.0. The molecule has 2 rings (SSSR count). The summed E-state index contributed by atoms with van der Waals surface area (Å²) in [7, 11) is 1.72. The summed E-state index contributed by atoms with van der Waals surface area (Å²) in [5.41, 5.74) is 4.25. The fraction of sp³-hybridized carbons (Fsp3) is 0.400. The van der Waals surface area contributed by atoms with Gasteiger partial charge in [0.05, 0.1) is 6.61 Å². The van der Waals surface area contributed by atoms with Gasteiger partial charge >= 0.3 is 0 Å². The molecule has 0 unspecified atom stereocenters. The van der Waals surface area contributed by atoms with Crippen molar-refractivity contribution in [2.45, 2.75) is 46.1 Å². The second-order valence-electron chi connectivity index (χ2n) is 6.22. The third kappa shape index (κ3) is 6.59. The van der Waals surface area contributed by atoms with E-state index in [0.29, 0.717) is 6.61 Å². The molecule has 0 atom stereocenters. The lowest BCUT2D eigenvalue weighted by Crippen LogP contribution is -2.10. The van der Waals surface area contributed by atoms with E-state index in [1.807, 2.05) is 6.07 Å². The van der Waals surface area contributed by atoms with E-state index < -0.39 is 0 Å². The van der Waals surface area contributed by atoms with E-state index in [2.05, 4.69) is 76.2 Å². The van der Waals surface area contributed by atoms with E-state index in [4.69, 9.17) is 4.74 Å². The maximum absolute atomic E-state index is 5.05. The van der Waals surface area contributed by atoms with Crippen LogP contribution in [-0.2, 0) is 23.2 Å². The van der Waals surface area contributed by atoms with Crippen LogP contribution in [0.4, 0.5) is 0 Å². The van der Waals surface area contributed by atoms with Gasteiger partial charge in [-0.05, 0) is 28.5 Å². The van der Waals surface area contributed by atoms with Crippen molar-refractivity contribution in [3.05, 3.63) is 71.3 Å². The Balaban J connectivity index is 0.000000235. The maximum atomic E-state index is 5.05. The first-order valence-electron chi connectivity index (χ1n) is 7.59. The fourth-order valence-electron chi connectivity index (χ4n) is 1.98. The molecule has 0 bridgehead atoms. The zero-order chi connectivity index (χ0) is 15.7. The Labute approximate surface area is 130 Å². The molecule has 0 heterocycles. The minimum Gasteiger partial charge on any atom is -0.380 e. The molecule has 114 valence electrons. The Morgan fingerprint density at radius 1 is 0.810 bits per heavy atom. The van der Waals surface area contributed by atoms with Crippen molar-refractivity contribution in [3.8, 4) is 0 Å². The van der Waals surface area contributed by atoms with E-state index in [1.54, 1.807) is 7.11 Å². The number of rotatable bonds is 3. The first-order valence-corrected chi connectivity index (χ1v) is 7.59. The number of methoxy groups -OCH3 is 1. The van der Waals surface area contributed by atoms with Gasteiger partial charge < -0.3 is 4.74 Å². The summed E-state index contributed by atoms with van der Waals surface area (Å²) in [6.45, 7) is 9.52. The van der Waals surface area contributed by atoms with Gasteiger partial charge in [0.2, 0.25) is 0 Å². The first kappa shape index (κ1) is 17.5. The molecule has 0 aromatic heterocycles. The summed E-state index contributed by atoms with van der Waals surface area (Å²) in [4.78, 5) is 0. The summed E-state index contributed by atoms with van der Waals surface area (Å²) >= 11 is 0. The predicted octanol–water partition coefficient (Wildman–Crippen LogP) is 5.38. The van der Waals surface area contributed by atoms with Crippen LogP contribution < -0.4 is 0 Å². The lowest BCUT2D eigenvalue weighted by Gasteiger charge is -2.19. The van der Waals surface area contributed by atoms with E-state index in [9.17, 15) is 0 Å². The monoisotopic (exact) mass is 284 g/mol. The lowest BCUT2D eigenvalue weighted by molar-refractivity contribution is 0.185. The molecule has 0 N–H and O–H groups in total. The highest BCUT2D eigenvalue weighted by Gasteiger charge is 2.12. The van der Waals surface area contributed by atoms with Crippen LogP contribution in [-0.4, -0.2) is 7.11 Å². The predicted molar refractivity (Wildman–Crippen MR) is 91.7 cm³/mol. The van der Waals surface area contributed by atoms with Gasteiger partial charge in [0.1, 0.15) is 0 Å². The van der Waals surface area contributed by atoms with Crippen LogP contribution >= 0.6 is 0 Å². The SMILES string of the molecule is CCc1ccccc1.COCc1ccc(C(C)(C)C)cc1. The summed E-state index contributed by atoms with van der Waals surface area (Å²) in [6, 6.07) is 19.1. The lowest BCUT2D eigenvalue weighted by atomic mass is 9.87. The van der Waals surface area contributed by atoms with Crippen molar-refractivity contribution in [1.29, 1.82) is 0 Å². The summed E-state index contributed by atoms with van der Waals surface area (Å²) in [6.07, 6.45) is 1.14. The van der Waals surface area contributed by atoms with E-state index in [0.717, 1.165) is 6.42 Å². The Bertz CT molecular complexity index is 492. The number of ether oxygens (including phenoxy) is 1. The van der Waals surface area contributed by atoms with Gasteiger partial charge in [-0.3, -0.25) is 0 Å². The van der Waals surface area contributed by atoms with Crippen molar-refractivity contribution >= 4 is 0 Å². The Kier molecular flexibility index (Phi) is 7.18. The molecule has 2 aromatic rings. The molecular weight excluding hydrogens is 256 g/mol. The van der Waals surface area contributed by atoms with Crippen molar-refractivity contribution < 1.29 is 4.74 Å². The van der Waals surface area contributed by atoms with Crippen LogP contribution in [0, 0.1) is 0 Å². The molecule has 0 fully saturated rings. The Hall–Kier alpha value is -1.60. The summed E-state index contributed by atoms with van der Waals surface area (Å²) in [5.74, 6) is 0. The Morgan fingerprint density at radius 3 is 1.76 bits per heavy atom. The third-order valence-electron chi connectivity index (χ3n) is 3.38. The summed E-state index contributed by atoms with van der Waals surface area (Å²) in [5, 5.41) is 0. The molecule has 21 heavy (non-hydrogen) atoms. The van der Waals surface area contributed by atoms with E-state index in [1.165, 1.54) is 16.7 Å². The zero-order valence-corrected chi connectivity index (χ0v) is 14.0. The molecule has 0 saturated carbocycles. The van der Waals surface area contributed by atoms with Crippen molar-refractivity contribution in [3.63, 3.8) is 0 Å². The number of hydrogen-bond donors (Lipinski definition) is 0. The van der Waals surface area contributed by atoms with Gasteiger partial charge in [0.25, 0.3) is 0 Å². The second kappa shape index (κ2) is 8.63. The molecule has 2 aromatic carbocycles. The topological polar surface area (TPSA) is 9.23 Å². The van der Waals surface area contributed by atoms with Gasteiger partial charge in [-0.25, -0.2) is 0 Å². The van der Waals surface area contributed by atoms with Gasteiger partial charge in [-0.1, -0.05) is 82.3 Å². The quantitative estimate of drug-likeness (QED) is 0.735. The number of benzene rings is 2. The van der Waals surface area contributed by atoms with Crippen LogP contribution in [0.15, 0.2) is 54.6 Å². The average Bonchev–Trinajstić information content (AvgIpc) is 2.49. The Morgan fingerprint density at radius 2 is 1.38 bits per heavy atom. The second-order valence-corrected chi connectivity index (χ2v) is 6.22. The molecular formula is C20H28O. The van der Waals surface area contributed by atoms with Gasteiger partial charge in [-0.2, -0.15) is 0 Å². The highest BCUT2D eigenvalue weighted by Crippen LogP contribution is 2.22. The first-order chi connectivity index (χ1) is 9.97. The third-order valence-corrected chi connectivity index (χ3v) is 3.38. The average molecular weight is 284 g/mol. The maximum Gasteiger partial charge on any atom is 0.0713 e. The minimum absolute atomic E-state index is 0.242. The standard InChI is InChI=1S/C12H18O.C8H10/c1-12(2,3)11-7-5-10(6-8-11)9-13-4;1-2-8-6-4-3-5-7-8/h5-8H,9H2,1-4H3;3-7H,2H2,1H3. The van der Waals surface area contributed by atoms with Gasteiger partial charge in [0, 0.05) is 7.11 Å². The highest BCUT2D eigenvalue weighted by molar-refractivity contribution is 5.27. The van der Waals surface area contributed by atoms with Crippen molar-refractivity contribution in [1.82, 2.24) is 0 Å². The molecule has 0 saturated heterocycles. The molecule has 0 aliphatic heterocycles. The van der Waals surface area contributed by atoms with Crippen LogP contribution in [0.3, 0.4) is 0 Å². The van der Waals surface area contributed by atoms with Crippen LogP contribution in [0.5, 0.6) is 0 Å². The smallest absolute Gasteiger partial charge is 0.0713 e. The molecule has 1 nitrogen and oxygen atoms in total. The molecule has 0 spiro atoms. The van der Waals surface area contributed by atoms with E-state index >= 15 is 0 Å². The molecule has 0 radical (unpaired) electrons. The fourth-order valence-corrected chi connectivity index (χ4v) is 1.98. The number of hydrogen-bond acceptors (Lipinski definition) is 1. The highest BCUT2D eigenvalue weighted by atomic mass is 16.5. The van der Waals surface area contributed by atoms with Crippen LogP contribution in [0.2, 0.25) is 0 Å². The largest absolute Gasteiger partial charge is 0.380 e. The van der Waals surface area contributed by atoms with E-state index in [-0.39, 0.29) is 5.41 Å². The number of aryl methyl sites for hydroxylation is 1. The van der Waals surface area contributed by atoms with Crippen LogP contribution in [0.25, 0.3) is 0 Å². The van der Waals surface area contributed by atoms with Crippen LogP contribution in [0.1, 0.15) is 44.4 Å². The minimum atomic E-state index is 0.242. The molecule has 0 aliphatic rings. The van der Waals surface area contributed by atoms with Gasteiger partial charge in [0.15, 0.2) is 0 Å². The summed E-state index contributed by atoms with van der Waals surface area (Å²) < 4.78 is 5.05. The molecule has 0 amide bonds.